The predicted molar refractivity (Wildman–Crippen MR) is 78.5 cm³/mol. The first-order valence-corrected chi connectivity index (χ1v) is 8.04. The largest absolute Gasteiger partial charge is 0.393 e. The topological polar surface area (TPSA) is 66.6 Å². The first kappa shape index (κ1) is 15.4. The Hall–Kier alpha value is -1.01. The van der Waals surface area contributed by atoms with Crippen LogP contribution in [-0.4, -0.2) is 46.5 Å². The van der Waals surface area contributed by atoms with Crippen molar-refractivity contribution in [2.75, 3.05) is 19.3 Å². The summed E-state index contributed by atoms with van der Waals surface area (Å²) in [7, 11) is 1.84. The molecule has 0 bridgehead atoms. The van der Waals surface area contributed by atoms with Gasteiger partial charge in [-0.25, -0.2) is 0 Å². The van der Waals surface area contributed by atoms with Gasteiger partial charge in [-0.2, -0.15) is 0 Å². The minimum atomic E-state index is -0.155. The molecule has 1 saturated carbocycles. The van der Waals surface area contributed by atoms with Crippen molar-refractivity contribution in [3.8, 4) is 0 Å². The van der Waals surface area contributed by atoms with Gasteiger partial charge < -0.3 is 14.5 Å². The molecule has 6 heteroatoms. The smallest absolute Gasteiger partial charge is 0.232 e. The number of aliphatic hydroxyl groups is 1. The number of rotatable bonds is 6. The first-order valence-electron chi connectivity index (χ1n) is 6.89. The number of amides is 1. The standard InChI is InChI=1S/C14H22N2O3S/c1-9-13(10(2)19-15-9)7-20-8-14(18)16(3)6-11-4-12(17)5-11/h11-12,17H,4-8H2,1-3H3. The maximum absolute atomic E-state index is 12.0. The van der Waals surface area contributed by atoms with Crippen molar-refractivity contribution in [2.24, 2.45) is 5.92 Å². The quantitative estimate of drug-likeness (QED) is 0.866. The van der Waals surface area contributed by atoms with Crippen LogP contribution < -0.4 is 0 Å². The molecule has 0 spiro atoms. The van der Waals surface area contributed by atoms with E-state index in [2.05, 4.69) is 5.16 Å². The molecule has 1 heterocycles. The van der Waals surface area contributed by atoms with Crippen molar-refractivity contribution in [2.45, 2.75) is 38.5 Å². The lowest BCUT2D eigenvalue weighted by molar-refractivity contribution is -0.128. The zero-order valence-electron chi connectivity index (χ0n) is 12.3. The van der Waals surface area contributed by atoms with Crippen LogP contribution in [0.25, 0.3) is 0 Å². The number of carbonyl (C=O) groups excluding carboxylic acids is 1. The fraction of sp³-hybridized carbons (Fsp3) is 0.714. The summed E-state index contributed by atoms with van der Waals surface area (Å²) in [5.74, 6) is 2.66. The van der Waals surface area contributed by atoms with Crippen molar-refractivity contribution in [1.82, 2.24) is 10.1 Å². The Balaban J connectivity index is 1.69. The third kappa shape index (κ3) is 3.76. The van der Waals surface area contributed by atoms with Gasteiger partial charge in [0, 0.05) is 24.9 Å². The molecular formula is C14H22N2O3S. The molecule has 2 rings (SSSR count). The number of aromatic nitrogens is 1. The van der Waals surface area contributed by atoms with E-state index in [0.717, 1.165) is 42.2 Å². The highest BCUT2D eigenvalue weighted by Crippen LogP contribution is 2.27. The van der Waals surface area contributed by atoms with Gasteiger partial charge in [-0.15, -0.1) is 11.8 Å². The Bertz CT molecular complexity index is 449. The second-order valence-corrected chi connectivity index (χ2v) is 6.55. The van der Waals surface area contributed by atoms with Crippen molar-refractivity contribution in [1.29, 1.82) is 0 Å². The van der Waals surface area contributed by atoms with Crippen molar-refractivity contribution in [3.63, 3.8) is 0 Å². The van der Waals surface area contributed by atoms with Crippen LogP contribution in [0.1, 0.15) is 29.9 Å². The number of carbonyl (C=O) groups is 1. The molecule has 1 aromatic heterocycles. The van der Waals surface area contributed by atoms with Crippen molar-refractivity contribution in [3.05, 3.63) is 17.0 Å². The van der Waals surface area contributed by atoms with Gasteiger partial charge in [-0.1, -0.05) is 5.16 Å². The average molecular weight is 298 g/mol. The molecule has 1 amide bonds. The summed E-state index contributed by atoms with van der Waals surface area (Å²) in [6.45, 7) is 4.57. The zero-order valence-corrected chi connectivity index (χ0v) is 13.1. The van der Waals surface area contributed by atoms with E-state index in [1.54, 1.807) is 16.7 Å². The van der Waals surface area contributed by atoms with Gasteiger partial charge in [0.15, 0.2) is 0 Å². The average Bonchev–Trinajstić information content (AvgIpc) is 2.68. The van der Waals surface area contributed by atoms with Crippen LogP contribution in [0.3, 0.4) is 0 Å². The molecule has 1 aromatic rings. The van der Waals surface area contributed by atoms with Gasteiger partial charge in [0.05, 0.1) is 17.6 Å². The molecule has 0 aromatic carbocycles. The monoisotopic (exact) mass is 298 g/mol. The number of hydrogen-bond acceptors (Lipinski definition) is 5. The summed E-state index contributed by atoms with van der Waals surface area (Å²) in [6.07, 6.45) is 1.49. The molecule has 1 fully saturated rings. The van der Waals surface area contributed by atoms with Crippen molar-refractivity contribution >= 4 is 17.7 Å². The molecule has 0 aliphatic heterocycles. The second-order valence-electron chi connectivity index (χ2n) is 5.56. The first-order chi connectivity index (χ1) is 9.47. The van der Waals surface area contributed by atoms with Gasteiger partial charge >= 0.3 is 0 Å². The second kappa shape index (κ2) is 6.63. The summed E-state index contributed by atoms with van der Waals surface area (Å²) in [5, 5.41) is 13.2. The SMILES string of the molecule is Cc1noc(C)c1CSCC(=O)N(C)CC1CC(O)C1. The summed E-state index contributed by atoms with van der Waals surface area (Å²) >= 11 is 1.59. The molecule has 0 saturated heterocycles. The number of aryl methyl sites for hydroxylation is 2. The van der Waals surface area contributed by atoms with E-state index in [1.165, 1.54) is 0 Å². The Morgan fingerprint density at radius 3 is 2.75 bits per heavy atom. The third-order valence-electron chi connectivity index (χ3n) is 3.82. The lowest BCUT2D eigenvalue weighted by atomic mass is 9.82. The lowest BCUT2D eigenvalue weighted by Crippen LogP contribution is -2.40. The zero-order chi connectivity index (χ0) is 14.7. The highest BCUT2D eigenvalue weighted by Gasteiger charge is 2.28. The number of hydrogen-bond donors (Lipinski definition) is 1. The van der Waals surface area contributed by atoms with E-state index >= 15 is 0 Å². The van der Waals surface area contributed by atoms with Crippen LogP contribution >= 0.6 is 11.8 Å². The Kier molecular flexibility index (Phi) is 5.10. The van der Waals surface area contributed by atoms with Gasteiger partial charge in [0.1, 0.15) is 5.76 Å². The lowest BCUT2D eigenvalue weighted by Gasteiger charge is -2.34. The summed E-state index contributed by atoms with van der Waals surface area (Å²) in [6, 6.07) is 0. The van der Waals surface area contributed by atoms with E-state index < -0.39 is 0 Å². The van der Waals surface area contributed by atoms with E-state index in [1.807, 2.05) is 20.9 Å². The summed E-state index contributed by atoms with van der Waals surface area (Å²) < 4.78 is 5.10. The van der Waals surface area contributed by atoms with Crippen LogP contribution in [0, 0.1) is 19.8 Å². The highest BCUT2D eigenvalue weighted by molar-refractivity contribution is 7.99. The Morgan fingerprint density at radius 1 is 1.50 bits per heavy atom. The molecule has 1 aliphatic rings. The van der Waals surface area contributed by atoms with E-state index in [9.17, 15) is 9.90 Å². The molecule has 0 atom stereocenters. The van der Waals surface area contributed by atoms with Gasteiger partial charge in [0.2, 0.25) is 5.91 Å². The van der Waals surface area contributed by atoms with Crippen LogP contribution in [0.5, 0.6) is 0 Å². The maximum atomic E-state index is 12.0. The Labute approximate surface area is 123 Å². The fourth-order valence-corrected chi connectivity index (χ4v) is 3.51. The number of aliphatic hydroxyl groups excluding tert-OH is 1. The molecule has 1 N–H and O–H groups in total. The maximum Gasteiger partial charge on any atom is 0.232 e. The van der Waals surface area contributed by atoms with Crippen molar-refractivity contribution < 1.29 is 14.4 Å². The normalized spacial score (nSPS) is 21.6. The number of thioether (sulfide) groups is 1. The van der Waals surface area contributed by atoms with Gasteiger partial charge in [-0.05, 0) is 32.6 Å². The molecule has 1 aliphatic carbocycles. The summed E-state index contributed by atoms with van der Waals surface area (Å²) in [5.41, 5.74) is 1.99. The number of nitrogens with zero attached hydrogens (tertiary/aromatic N) is 2. The molecule has 0 radical (unpaired) electrons. The highest BCUT2D eigenvalue weighted by atomic mass is 32.2. The van der Waals surface area contributed by atoms with E-state index in [-0.39, 0.29) is 12.0 Å². The third-order valence-corrected chi connectivity index (χ3v) is 4.77. The van der Waals surface area contributed by atoms with Crippen LogP contribution in [0.4, 0.5) is 0 Å². The molecule has 112 valence electrons. The molecular weight excluding hydrogens is 276 g/mol. The van der Waals surface area contributed by atoms with E-state index in [4.69, 9.17) is 4.52 Å². The Morgan fingerprint density at radius 2 is 2.20 bits per heavy atom. The van der Waals surface area contributed by atoms with Crippen LogP contribution in [0.15, 0.2) is 4.52 Å². The fourth-order valence-electron chi connectivity index (χ4n) is 2.40. The van der Waals surface area contributed by atoms with Gasteiger partial charge in [-0.3, -0.25) is 4.79 Å². The van der Waals surface area contributed by atoms with E-state index in [0.29, 0.717) is 11.7 Å². The molecule has 0 unspecified atom stereocenters. The molecule has 20 heavy (non-hydrogen) atoms. The minimum Gasteiger partial charge on any atom is -0.393 e. The van der Waals surface area contributed by atoms with Crippen LogP contribution in [0.2, 0.25) is 0 Å². The van der Waals surface area contributed by atoms with Gasteiger partial charge in [0.25, 0.3) is 0 Å². The summed E-state index contributed by atoms with van der Waals surface area (Å²) in [4.78, 5) is 13.8. The minimum absolute atomic E-state index is 0.142. The molecule has 5 nitrogen and oxygen atoms in total. The van der Waals surface area contributed by atoms with Crippen LogP contribution in [-0.2, 0) is 10.5 Å². The predicted octanol–water partition coefficient (Wildman–Crippen LogP) is 1.75.